The fraction of sp³-hybridized carbons (Fsp3) is 0.545. The molecule has 2 N–H and O–H groups in total. The highest BCUT2D eigenvalue weighted by Crippen LogP contribution is 2.22. The van der Waals surface area contributed by atoms with E-state index in [9.17, 15) is 0 Å². The second kappa shape index (κ2) is 12.1. The molecule has 1 saturated heterocycles. The molecule has 2 aromatic rings. The number of rotatable bonds is 8. The van der Waals surface area contributed by atoms with E-state index in [1.807, 2.05) is 6.07 Å². The first-order valence-corrected chi connectivity index (χ1v) is 10.3. The van der Waals surface area contributed by atoms with E-state index in [-0.39, 0.29) is 30.1 Å². The SMILES string of the molecule is CN=C(NCc1cc(C(C)C)no1)NCc1ccc(C)cc1OCC1CCCO1.I. The third-order valence-electron chi connectivity index (χ3n) is 4.94. The highest BCUT2D eigenvalue weighted by atomic mass is 127. The van der Waals surface area contributed by atoms with E-state index in [4.69, 9.17) is 14.0 Å². The van der Waals surface area contributed by atoms with E-state index in [1.165, 1.54) is 5.56 Å². The van der Waals surface area contributed by atoms with Gasteiger partial charge in [0.15, 0.2) is 11.7 Å². The molecule has 0 bridgehead atoms. The molecule has 8 heteroatoms. The maximum Gasteiger partial charge on any atom is 0.191 e. The number of nitrogens with one attached hydrogen (secondary N) is 2. The maximum atomic E-state index is 6.07. The van der Waals surface area contributed by atoms with Crippen LogP contribution in [0.25, 0.3) is 0 Å². The Kier molecular flexibility index (Phi) is 9.90. The van der Waals surface area contributed by atoms with Crippen molar-refractivity contribution in [2.45, 2.75) is 58.7 Å². The third-order valence-corrected chi connectivity index (χ3v) is 4.94. The second-order valence-corrected chi connectivity index (χ2v) is 7.71. The molecule has 0 spiro atoms. The van der Waals surface area contributed by atoms with Crippen molar-refractivity contribution in [2.24, 2.45) is 4.99 Å². The summed E-state index contributed by atoms with van der Waals surface area (Å²) in [5.74, 6) is 2.71. The molecule has 1 aliphatic heterocycles. The summed E-state index contributed by atoms with van der Waals surface area (Å²) in [6.07, 6.45) is 2.38. The number of aromatic nitrogens is 1. The number of benzene rings is 1. The molecule has 0 saturated carbocycles. The Bertz CT molecular complexity index is 816. The normalized spacial score (nSPS) is 16.4. The molecule has 0 amide bonds. The molecule has 1 aliphatic rings. The van der Waals surface area contributed by atoms with Crippen LogP contribution in [-0.4, -0.2) is 37.5 Å². The molecule has 166 valence electrons. The lowest BCUT2D eigenvalue weighted by Crippen LogP contribution is -2.36. The number of guanidine groups is 1. The van der Waals surface area contributed by atoms with Crippen LogP contribution in [0.4, 0.5) is 0 Å². The number of hydrogen-bond acceptors (Lipinski definition) is 5. The second-order valence-electron chi connectivity index (χ2n) is 7.71. The van der Waals surface area contributed by atoms with Crippen LogP contribution in [0, 0.1) is 6.92 Å². The van der Waals surface area contributed by atoms with Gasteiger partial charge in [0.05, 0.1) is 18.3 Å². The predicted molar refractivity (Wildman–Crippen MR) is 129 cm³/mol. The van der Waals surface area contributed by atoms with Crippen LogP contribution >= 0.6 is 24.0 Å². The highest BCUT2D eigenvalue weighted by Gasteiger charge is 2.17. The topological polar surface area (TPSA) is 80.9 Å². The van der Waals surface area contributed by atoms with Gasteiger partial charge >= 0.3 is 0 Å². The van der Waals surface area contributed by atoms with Crippen LogP contribution in [0.1, 0.15) is 55.2 Å². The van der Waals surface area contributed by atoms with Crippen LogP contribution in [0.5, 0.6) is 5.75 Å². The average molecular weight is 528 g/mol. The van der Waals surface area contributed by atoms with Gasteiger partial charge in [-0.05, 0) is 37.3 Å². The van der Waals surface area contributed by atoms with Gasteiger partial charge in [-0.3, -0.25) is 4.99 Å². The zero-order chi connectivity index (χ0) is 20.6. The molecule has 1 aromatic carbocycles. The monoisotopic (exact) mass is 528 g/mol. The van der Waals surface area contributed by atoms with E-state index in [0.717, 1.165) is 42.2 Å². The van der Waals surface area contributed by atoms with Crippen LogP contribution in [-0.2, 0) is 17.8 Å². The number of aryl methyl sites for hydroxylation is 1. The minimum absolute atomic E-state index is 0. The van der Waals surface area contributed by atoms with Gasteiger partial charge in [-0.1, -0.05) is 31.1 Å². The standard InChI is InChI=1S/C22H32N4O3.HI/c1-15(2)20-11-19(29-26-20)13-25-22(23-4)24-12-17-8-7-16(3)10-21(17)28-14-18-6-5-9-27-18;/h7-8,10-11,15,18H,5-6,9,12-14H2,1-4H3,(H2,23,24,25);1H. The van der Waals surface area contributed by atoms with Crippen LogP contribution < -0.4 is 15.4 Å². The first-order valence-electron chi connectivity index (χ1n) is 10.3. The minimum atomic E-state index is 0. The molecule has 30 heavy (non-hydrogen) atoms. The lowest BCUT2D eigenvalue weighted by Gasteiger charge is -2.17. The Morgan fingerprint density at radius 2 is 2.07 bits per heavy atom. The summed E-state index contributed by atoms with van der Waals surface area (Å²) < 4.78 is 17.1. The van der Waals surface area contributed by atoms with Crippen molar-refractivity contribution in [2.75, 3.05) is 20.3 Å². The maximum absolute atomic E-state index is 6.07. The molecule has 1 atom stereocenters. The molecule has 7 nitrogen and oxygen atoms in total. The van der Waals surface area contributed by atoms with E-state index in [2.05, 4.69) is 59.8 Å². The largest absolute Gasteiger partial charge is 0.491 e. The van der Waals surface area contributed by atoms with E-state index in [1.54, 1.807) is 7.05 Å². The summed E-state index contributed by atoms with van der Waals surface area (Å²) in [6, 6.07) is 8.23. The third kappa shape index (κ3) is 7.16. The molecule has 0 aliphatic carbocycles. The van der Waals surface area contributed by atoms with Crippen molar-refractivity contribution >= 4 is 29.9 Å². The summed E-state index contributed by atoms with van der Waals surface area (Å²) >= 11 is 0. The van der Waals surface area contributed by atoms with Crippen LogP contribution in [0.3, 0.4) is 0 Å². The first kappa shape index (κ1) is 24.5. The van der Waals surface area contributed by atoms with Crippen molar-refractivity contribution in [3.63, 3.8) is 0 Å². The Morgan fingerprint density at radius 1 is 1.27 bits per heavy atom. The van der Waals surface area contributed by atoms with Crippen molar-refractivity contribution in [1.82, 2.24) is 15.8 Å². The molecule has 3 rings (SSSR count). The Morgan fingerprint density at radius 3 is 2.73 bits per heavy atom. The lowest BCUT2D eigenvalue weighted by molar-refractivity contribution is 0.0676. The number of halogens is 1. The van der Waals surface area contributed by atoms with Crippen molar-refractivity contribution in [1.29, 1.82) is 0 Å². The number of nitrogens with zero attached hydrogens (tertiary/aromatic N) is 2. The average Bonchev–Trinajstić information content (AvgIpc) is 3.39. The minimum Gasteiger partial charge on any atom is -0.491 e. The summed E-state index contributed by atoms with van der Waals surface area (Å²) in [5, 5.41) is 10.7. The van der Waals surface area contributed by atoms with Crippen LogP contribution in [0.2, 0.25) is 0 Å². The summed E-state index contributed by atoms with van der Waals surface area (Å²) in [5.41, 5.74) is 3.21. The van der Waals surface area contributed by atoms with Crippen molar-refractivity contribution < 1.29 is 14.0 Å². The van der Waals surface area contributed by atoms with Crippen molar-refractivity contribution in [3.8, 4) is 5.75 Å². The van der Waals surface area contributed by atoms with Crippen molar-refractivity contribution in [3.05, 3.63) is 46.8 Å². The molecule has 2 heterocycles. The molecule has 1 fully saturated rings. The van der Waals surface area contributed by atoms with Gasteiger partial charge in [0, 0.05) is 31.8 Å². The lowest BCUT2D eigenvalue weighted by atomic mass is 10.1. The fourth-order valence-electron chi connectivity index (χ4n) is 3.16. The van der Waals surface area contributed by atoms with Gasteiger partial charge in [0.25, 0.3) is 0 Å². The summed E-state index contributed by atoms with van der Waals surface area (Å²) in [6.45, 7) is 8.81. The van der Waals surface area contributed by atoms with Gasteiger partial charge in [0.1, 0.15) is 12.4 Å². The Hall–Kier alpha value is -1.81. The zero-order valence-corrected chi connectivity index (χ0v) is 20.6. The Balaban J connectivity index is 0.00000320. The summed E-state index contributed by atoms with van der Waals surface area (Å²) in [7, 11) is 1.75. The van der Waals surface area contributed by atoms with E-state index < -0.39 is 0 Å². The van der Waals surface area contributed by atoms with Gasteiger partial charge < -0.3 is 24.6 Å². The molecule has 1 unspecified atom stereocenters. The first-order chi connectivity index (χ1) is 14.0. The predicted octanol–water partition coefficient (Wildman–Crippen LogP) is 4.15. The van der Waals surface area contributed by atoms with Gasteiger partial charge in [0.2, 0.25) is 0 Å². The zero-order valence-electron chi connectivity index (χ0n) is 18.2. The number of hydrogen-bond donors (Lipinski definition) is 2. The van der Waals surface area contributed by atoms with Gasteiger partial charge in [-0.15, -0.1) is 24.0 Å². The summed E-state index contributed by atoms with van der Waals surface area (Å²) in [4.78, 5) is 4.29. The van der Waals surface area contributed by atoms with Crippen LogP contribution in [0.15, 0.2) is 33.8 Å². The molecular weight excluding hydrogens is 495 g/mol. The number of ether oxygens (including phenoxy) is 2. The molecule has 0 radical (unpaired) electrons. The van der Waals surface area contributed by atoms with E-state index in [0.29, 0.717) is 31.6 Å². The smallest absolute Gasteiger partial charge is 0.191 e. The quantitative estimate of drug-likeness (QED) is 0.305. The van der Waals surface area contributed by atoms with Gasteiger partial charge in [-0.25, -0.2) is 0 Å². The molecule has 1 aromatic heterocycles. The molecular formula is C22H33IN4O3. The van der Waals surface area contributed by atoms with E-state index >= 15 is 0 Å². The Labute approximate surface area is 196 Å². The fourth-order valence-corrected chi connectivity index (χ4v) is 3.16. The number of aliphatic imine (C=N–C) groups is 1. The van der Waals surface area contributed by atoms with Gasteiger partial charge in [-0.2, -0.15) is 0 Å². The highest BCUT2D eigenvalue weighted by molar-refractivity contribution is 14.0.